The molecule has 17 heavy (non-hydrogen) atoms. The van der Waals surface area contributed by atoms with Gasteiger partial charge in [0.2, 0.25) is 0 Å². The highest BCUT2D eigenvalue weighted by atomic mass is 32.1. The van der Waals surface area contributed by atoms with Gasteiger partial charge in [-0.3, -0.25) is 0 Å². The zero-order valence-corrected chi connectivity index (χ0v) is 11.4. The summed E-state index contributed by atoms with van der Waals surface area (Å²) in [7, 11) is 0. The van der Waals surface area contributed by atoms with E-state index in [-0.39, 0.29) is 0 Å². The van der Waals surface area contributed by atoms with E-state index in [1.807, 2.05) is 0 Å². The maximum absolute atomic E-state index is 4.17. The summed E-state index contributed by atoms with van der Waals surface area (Å²) in [6, 6.07) is 0.830. The molecule has 1 heterocycles. The highest BCUT2D eigenvalue weighted by molar-refractivity contribution is 7.05. The van der Waals surface area contributed by atoms with Crippen LogP contribution < -0.4 is 10.6 Å². The van der Waals surface area contributed by atoms with E-state index in [9.17, 15) is 0 Å². The summed E-state index contributed by atoms with van der Waals surface area (Å²) in [6.45, 7) is 5.32. The molecule has 4 nitrogen and oxygen atoms in total. The van der Waals surface area contributed by atoms with Gasteiger partial charge in [0.15, 0.2) is 0 Å². The van der Waals surface area contributed by atoms with Gasteiger partial charge in [-0.1, -0.05) is 17.8 Å². The van der Waals surface area contributed by atoms with Gasteiger partial charge in [0.25, 0.3) is 0 Å². The third kappa shape index (κ3) is 4.69. The smallest absolute Gasteiger partial charge is 0.0800 e. The Bertz CT molecular complexity index is 322. The molecule has 1 aromatic rings. The van der Waals surface area contributed by atoms with E-state index >= 15 is 0 Å². The molecule has 1 fully saturated rings. The van der Waals surface area contributed by atoms with E-state index in [4.69, 9.17) is 0 Å². The second kappa shape index (κ2) is 7.03. The second-order valence-electron chi connectivity index (χ2n) is 4.65. The molecule has 5 heteroatoms. The average Bonchev–Trinajstić information content (AvgIpc) is 3.05. The summed E-state index contributed by atoms with van der Waals surface area (Å²) >= 11 is 1.53. The third-order valence-corrected chi connectivity index (χ3v) is 3.71. The maximum atomic E-state index is 4.17. The van der Waals surface area contributed by atoms with Crippen molar-refractivity contribution in [1.29, 1.82) is 0 Å². The topological polar surface area (TPSA) is 49.8 Å². The van der Waals surface area contributed by atoms with Crippen LogP contribution in [0.15, 0.2) is 0 Å². The van der Waals surface area contributed by atoms with Crippen LogP contribution in [-0.4, -0.2) is 28.7 Å². The van der Waals surface area contributed by atoms with Gasteiger partial charge in [-0.05, 0) is 50.3 Å². The van der Waals surface area contributed by atoms with Crippen molar-refractivity contribution in [2.24, 2.45) is 0 Å². The fourth-order valence-corrected chi connectivity index (χ4v) is 2.45. The van der Waals surface area contributed by atoms with Gasteiger partial charge in [-0.25, -0.2) is 0 Å². The lowest BCUT2D eigenvalue weighted by atomic mass is 10.2. The molecule has 2 N–H and O–H groups in total. The van der Waals surface area contributed by atoms with Crippen molar-refractivity contribution in [2.45, 2.75) is 51.6 Å². The van der Waals surface area contributed by atoms with Crippen molar-refractivity contribution in [2.75, 3.05) is 13.1 Å². The van der Waals surface area contributed by atoms with Gasteiger partial charge in [0.05, 0.1) is 10.6 Å². The lowest BCUT2D eigenvalue weighted by Crippen LogP contribution is -2.23. The first-order valence-corrected chi connectivity index (χ1v) is 7.41. The Morgan fingerprint density at radius 2 is 2.24 bits per heavy atom. The zero-order valence-electron chi connectivity index (χ0n) is 10.5. The van der Waals surface area contributed by atoms with E-state index in [1.54, 1.807) is 0 Å². The predicted octanol–water partition coefficient (Wildman–Crippen LogP) is 1.72. The molecular formula is C12H22N4S. The molecule has 96 valence electrons. The normalized spacial score (nSPS) is 15.4. The number of aromatic nitrogens is 2. The summed E-state index contributed by atoms with van der Waals surface area (Å²) in [5.41, 5.74) is 1.18. The maximum Gasteiger partial charge on any atom is 0.0800 e. The van der Waals surface area contributed by atoms with Crippen LogP contribution in [0.4, 0.5) is 0 Å². The lowest BCUT2D eigenvalue weighted by molar-refractivity contribution is 0.593. The average molecular weight is 254 g/mol. The molecule has 0 unspecified atom stereocenters. The largest absolute Gasteiger partial charge is 0.314 e. The first kappa shape index (κ1) is 12.9. The molecular weight excluding hydrogens is 232 g/mol. The molecule has 0 amide bonds. The first-order chi connectivity index (χ1) is 8.40. The molecule has 2 rings (SSSR count). The SMILES string of the molecule is CCCc1nnsc1CNCCCNC1CC1. The van der Waals surface area contributed by atoms with Crippen LogP contribution in [0.1, 0.15) is 43.2 Å². The first-order valence-electron chi connectivity index (χ1n) is 6.64. The second-order valence-corrected chi connectivity index (χ2v) is 5.49. The van der Waals surface area contributed by atoms with Crippen molar-refractivity contribution >= 4 is 11.5 Å². The molecule has 1 aliphatic rings. The van der Waals surface area contributed by atoms with E-state index in [1.165, 1.54) is 41.4 Å². The van der Waals surface area contributed by atoms with Gasteiger partial charge in [-0.15, -0.1) is 5.10 Å². The van der Waals surface area contributed by atoms with Gasteiger partial charge >= 0.3 is 0 Å². The van der Waals surface area contributed by atoms with E-state index in [2.05, 4.69) is 27.1 Å². The van der Waals surface area contributed by atoms with Crippen molar-refractivity contribution in [3.8, 4) is 0 Å². The van der Waals surface area contributed by atoms with Gasteiger partial charge in [0, 0.05) is 12.6 Å². The van der Waals surface area contributed by atoms with Crippen molar-refractivity contribution < 1.29 is 0 Å². The highest BCUT2D eigenvalue weighted by Gasteiger charge is 2.19. The summed E-state index contributed by atoms with van der Waals surface area (Å²) in [5, 5.41) is 11.2. The fourth-order valence-electron chi connectivity index (χ4n) is 1.80. The molecule has 0 radical (unpaired) electrons. The summed E-state index contributed by atoms with van der Waals surface area (Å²) < 4.78 is 4.03. The molecule has 1 aliphatic carbocycles. The van der Waals surface area contributed by atoms with Crippen LogP contribution in [0.3, 0.4) is 0 Å². The van der Waals surface area contributed by atoms with E-state index < -0.39 is 0 Å². The van der Waals surface area contributed by atoms with E-state index in [0.29, 0.717) is 0 Å². The number of nitrogens with zero attached hydrogens (tertiary/aromatic N) is 2. The number of hydrogen-bond donors (Lipinski definition) is 2. The van der Waals surface area contributed by atoms with Crippen LogP contribution in [0.5, 0.6) is 0 Å². The van der Waals surface area contributed by atoms with Crippen molar-refractivity contribution in [3.63, 3.8) is 0 Å². The number of nitrogens with one attached hydrogen (secondary N) is 2. The number of rotatable bonds is 9. The monoisotopic (exact) mass is 254 g/mol. The number of hydrogen-bond acceptors (Lipinski definition) is 5. The number of aryl methyl sites for hydroxylation is 1. The van der Waals surface area contributed by atoms with Gasteiger partial charge < -0.3 is 10.6 Å². The molecule has 0 spiro atoms. The molecule has 0 saturated heterocycles. The summed E-state index contributed by atoms with van der Waals surface area (Å²) in [6.07, 6.45) is 6.15. The molecule has 0 aromatic carbocycles. The van der Waals surface area contributed by atoms with Crippen molar-refractivity contribution in [1.82, 2.24) is 20.2 Å². The van der Waals surface area contributed by atoms with E-state index in [0.717, 1.165) is 38.5 Å². The minimum atomic E-state index is 0.830. The van der Waals surface area contributed by atoms with Gasteiger partial charge in [0.1, 0.15) is 0 Å². The predicted molar refractivity (Wildman–Crippen MR) is 71.3 cm³/mol. The molecule has 0 aliphatic heterocycles. The highest BCUT2D eigenvalue weighted by Crippen LogP contribution is 2.18. The van der Waals surface area contributed by atoms with Crippen LogP contribution in [-0.2, 0) is 13.0 Å². The summed E-state index contributed by atoms with van der Waals surface area (Å²) in [4.78, 5) is 1.31. The van der Waals surface area contributed by atoms with Gasteiger partial charge in [-0.2, -0.15) is 0 Å². The Hall–Kier alpha value is -0.520. The molecule has 1 aromatic heterocycles. The molecule has 0 bridgehead atoms. The fraction of sp³-hybridized carbons (Fsp3) is 0.833. The Balaban J connectivity index is 1.55. The lowest BCUT2D eigenvalue weighted by Gasteiger charge is -2.05. The van der Waals surface area contributed by atoms with Crippen LogP contribution in [0.25, 0.3) is 0 Å². The zero-order chi connectivity index (χ0) is 11.9. The Kier molecular flexibility index (Phi) is 5.35. The Morgan fingerprint density at radius 1 is 1.35 bits per heavy atom. The Labute approximate surface area is 107 Å². The quantitative estimate of drug-likeness (QED) is 0.659. The minimum absolute atomic E-state index is 0.830. The standard InChI is InChI=1S/C12H22N4S/c1-2-4-11-12(17-16-15-11)9-13-7-3-8-14-10-5-6-10/h10,13-14H,2-9H2,1H3. The van der Waals surface area contributed by atoms with Crippen molar-refractivity contribution in [3.05, 3.63) is 10.6 Å². The molecule has 0 atom stereocenters. The van der Waals surface area contributed by atoms with Crippen LogP contribution >= 0.6 is 11.5 Å². The third-order valence-electron chi connectivity index (χ3n) is 2.95. The van der Waals surface area contributed by atoms with Crippen LogP contribution in [0.2, 0.25) is 0 Å². The Morgan fingerprint density at radius 3 is 3.00 bits per heavy atom. The minimum Gasteiger partial charge on any atom is -0.314 e. The summed E-state index contributed by atoms with van der Waals surface area (Å²) in [5.74, 6) is 0. The van der Waals surface area contributed by atoms with Crippen LogP contribution in [0, 0.1) is 0 Å². The molecule has 1 saturated carbocycles.